The lowest BCUT2D eigenvalue weighted by molar-refractivity contribution is -0.190. The van der Waals surface area contributed by atoms with Crippen molar-refractivity contribution in [3.8, 4) is 0 Å². The van der Waals surface area contributed by atoms with Crippen molar-refractivity contribution in [3.63, 3.8) is 0 Å². The van der Waals surface area contributed by atoms with Crippen LogP contribution < -0.4 is 5.73 Å². The van der Waals surface area contributed by atoms with E-state index in [1.54, 1.807) is 0 Å². The van der Waals surface area contributed by atoms with Crippen LogP contribution in [0.4, 0.5) is 26.3 Å². The molecular weight excluding hydrogens is 212 g/mol. The van der Waals surface area contributed by atoms with Gasteiger partial charge in [-0.2, -0.15) is 26.3 Å². The van der Waals surface area contributed by atoms with Crippen LogP contribution in [0.15, 0.2) is 0 Å². The monoisotopic (exact) mass is 223 g/mol. The van der Waals surface area contributed by atoms with E-state index in [1.807, 2.05) is 0 Å². The Morgan fingerprint density at radius 2 is 1.43 bits per heavy atom. The minimum absolute atomic E-state index is 0.262. The summed E-state index contributed by atoms with van der Waals surface area (Å²) in [6.45, 7) is -0.262. The van der Waals surface area contributed by atoms with Crippen LogP contribution in [0, 0.1) is 5.92 Å². The van der Waals surface area contributed by atoms with Crippen LogP contribution in [0.1, 0.15) is 19.3 Å². The van der Waals surface area contributed by atoms with Gasteiger partial charge >= 0.3 is 12.4 Å². The summed E-state index contributed by atoms with van der Waals surface area (Å²) in [6, 6.07) is 0. The molecule has 2 N–H and O–H groups in total. The minimum Gasteiger partial charge on any atom is -0.330 e. The highest BCUT2D eigenvalue weighted by Crippen LogP contribution is 2.35. The molecule has 0 spiro atoms. The molecule has 0 amide bonds. The van der Waals surface area contributed by atoms with Gasteiger partial charge in [0.05, 0.1) is 5.92 Å². The van der Waals surface area contributed by atoms with Gasteiger partial charge in [0, 0.05) is 6.42 Å². The molecule has 0 aromatic heterocycles. The Labute approximate surface area is 77.3 Å². The molecule has 0 aliphatic heterocycles. The average molecular weight is 223 g/mol. The van der Waals surface area contributed by atoms with Gasteiger partial charge in [-0.25, -0.2) is 0 Å². The topological polar surface area (TPSA) is 26.0 Å². The largest absolute Gasteiger partial charge is 0.391 e. The number of hydrogen-bond donors (Lipinski definition) is 1. The number of rotatable bonds is 4. The molecule has 0 bridgehead atoms. The van der Waals surface area contributed by atoms with Crippen molar-refractivity contribution >= 4 is 0 Å². The van der Waals surface area contributed by atoms with E-state index in [-0.39, 0.29) is 6.54 Å². The fraction of sp³-hybridized carbons (Fsp3) is 1.00. The fourth-order valence-corrected chi connectivity index (χ4v) is 1.01. The molecule has 0 rings (SSSR count). The molecule has 0 aliphatic rings. The summed E-state index contributed by atoms with van der Waals surface area (Å²) >= 11 is 0. The molecule has 7 heteroatoms. The zero-order valence-electron chi connectivity index (χ0n) is 7.25. The van der Waals surface area contributed by atoms with Crippen LogP contribution in [-0.2, 0) is 0 Å². The Kier molecular flexibility index (Phi) is 4.70. The summed E-state index contributed by atoms with van der Waals surface area (Å²) in [7, 11) is 0. The van der Waals surface area contributed by atoms with Gasteiger partial charge in [0.2, 0.25) is 0 Å². The van der Waals surface area contributed by atoms with Crippen LogP contribution in [0.2, 0.25) is 0 Å². The van der Waals surface area contributed by atoms with Crippen molar-refractivity contribution < 1.29 is 26.3 Å². The molecule has 0 saturated carbocycles. The molecular formula is C7H11F6N. The third-order valence-electron chi connectivity index (χ3n) is 1.75. The van der Waals surface area contributed by atoms with Crippen molar-refractivity contribution in [3.05, 3.63) is 0 Å². The van der Waals surface area contributed by atoms with Gasteiger partial charge in [0.25, 0.3) is 0 Å². The Bertz CT molecular complexity index is 161. The first kappa shape index (κ1) is 13.5. The van der Waals surface area contributed by atoms with E-state index in [4.69, 9.17) is 5.73 Å². The van der Waals surface area contributed by atoms with Crippen LogP contribution in [0.25, 0.3) is 0 Å². The lowest BCUT2D eigenvalue weighted by Gasteiger charge is -2.19. The van der Waals surface area contributed by atoms with E-state index in [9.17, 15) is 26.3 Å². The normalized spacial score (nSPS) is 15.6. The van der Waals surface area contributed by atoms with Crippen LogP contribution in [0.5, 0.6) is 0 Å². The maximum atomic E-state index is 12.1. The summed E-state index contributed by atoms with van der Waals surface area (Å²) in [5.74, 6) is -1.95. The Balaban J connectivity index is 4.12. The van der Waals surface area contributed by atoms with Gasteiger partial charge in [-0.1, -0.05) is 0 Å². The zero-order valence-corrected chi connectivity index (χ0v) is 7.25. The second-order valence-electron chi connectivity index (χ2n) is 2.97. The molecule has 0 heterocycles. The molecule has 0 aliphatic carbocycles. The maximum absolute atomic E-state index is 12.1. The molecule has 1 atom stereocenters. The summed E-state index contributed by atoms with van der Waals surface area (Å²) in [5.41, 5.74) is 4.88. The maximum Gasteiger partial charge on any atom is 0.391 e. The second-order valence-corrected chi connectivity index (χ2v) is 2.97. The van der Waals surface area contributed by atoms with E-state index in [1.165, 1.54) is 0 Å². The van der Waals surface area contributed by atoms with Crippen molar-refractivity contribution in [2.24, 2.45) is 11.7 Å². The second kappa shape index (κ2) is 4.86. The van der Waals surface area contributed by atoms with Crippen LogP contribution >= 0.6 is 0 Å². The number of hydrogen-bond acceptors (Lipinski definition) is 1. The van der Waals surface area contributed by atoms with Gasteiger partial charge < -0.3 is 5.73 Å². The van der Waals surface area contributed by atoms with E-state index in [0.717, 1.165) is 0 Å². The first-order valence-corrected chi connectivity index (χ1v) is 4.00. The highest BCUT2D eigenvalue weighted by Gasteiger charge is 2.41. The molecule has 0 unspecified atom stereocenters. The molecule has 0 aromatic rings. The number of halogens is 6. The summed E-state index contributed by atoms with van der Waals surface area (Å²) in [4.78, 5) is 0. The van der Waals surface area contributed by atoms with Gasteiger partial charge in [-0.15, -0.1) is 0 Å². The Morgan fingerprint density at radius 1 is 0.929 bits per heavy atom. The van der Waals surface area contributed by atoms with Gasteiger partial charge in [0.1, 0.15) is 0 Å². The van der Waals surface area contributed by atoms with Crippen molar-refractivity contribution in [2.75, 3.05) is 6.54 Å². The molecule has 0 radical (unpaired) electrons. The molecule has 14 heavy (non-hydrogen) atoms. The van der Waals surface area contributed by atoms with E-state index in [0.29, 0.717) is 0 Å². The average Bonchev–Trinajstić information content (AvgIpc) is 1.93. The number of nitrogens with two attached hydrogens (primary N) is 1. The minimum atomic E-state index is -4.59. The predicted molar refractivity (Wildman–Crippen MR) is 38.5 cm³/mol. The van der Waals surface area contributed by atoms with Crippen LogP contribution in [0.3, 0.4) is 0 Å². The van der Waals surface area contributed by atoms with Crippen LogP contribution in [-0.4, -0.2) is 18.9 Å². The quantitative estimate of drug-likeness (QED) is 0.728. The van der Waals surface area contributed by atoms with E-state index < -0.39 is 37.5 Å². The van der Waals surface area contributed by atoms with Gasteiger partial charge in [-0.3, -0.25) is 0 Å². The number of alkyl halides is 6. The third-order valence-corrected chi connectivity index (χ3v) is 1.75. The summed E-state index contributed by atoms with van der Waals surface area (Å²) in [6.07, 6.45) is -12.0. The van der Waals surface area contributed by atoms with Gasteiger partial charge in [-0.05, 0) is 19.4 Å². The SMILES string of the molecule is NCC[C@H](CCC(F)(F)F)C(F)(F)F. The van der Waals surface area contributed by atoms with Crippen molar-refractivity contribution in [2.45, 2.75) is 31.6 Å². The first-order chi connectivity index (χ1) is 6.17. The third kappa shape index (κ3) is 6.06. The molecule has 0 fully saturated rings. The summed E-state index contributed by atoms with van der Waals surface area (Å²) in [5, 5.41) is 0. The lowest BCUT2D eigenvalue weighted by Crippen LogP contribution is -2.27. The molecule has 1 nitrogen and oxygen atoms in total. The Morgan fingerprint density at radius 3 is 1.71 bits per heavy atom. The highest BCUT2D eigenvalue weighted by atomic mass is 19.4. The molecule has 0 aromatic carbocycles. The zero-order chi connectivity index (χ0) is 11.4. The van der Waals surface area contributed by atoms with E-state index in [2.05, 4.69) is 0 Å². The molecule has 86 valence electrons. The smallest absolute Gasteiger partial charge is 0.330 e. The summed E-state index contributed by atoms with van der Waals surface area (Å²) < 4.78 is 71.1. The Hall–Kier alpha value is -0.460. The highest BCUT2D eigenvalue weighted by molar-refractivity contribution is 4.70. The van der Waals surface area contributed by atoms with Gasteiger partial charge in [0.15, 0.2) is 0 Å². The fourth-order valence-electron chi connectivity index (χ4n) is 1.01. The first-order valence-electron chi connectivity index (χ1n) is 4.00. The van der Waals surface area contributed by atoms with E-state index >= 15 is 0 Å². The van der Waals surface area contributed by atoms with Crippen molar-refractivity contribution in [1.82, 2.24) is 0 Å². The van der Waals surface area contributed by atoms with Crippen molar-refractivity contribution in [1.29, 1.82) is 0 Å². The lowest BCUT2D eigenvalue weighted by atomic mass is 9.99. The predicted octanol–water partition coefficient (Wildman–Crippen LogP) is 2.86. The molecule has 0 saturated heterocycles. The standard InChI is InChI=1S/C7H11F6N/c8-6(9,10)3-1-5(2-4-14)7(11,12)13/h5H,1-4,14H2/t5-/m0/s1.